The Hall–Kier alpha value is -2.48. The SMILES string of the molecule is CCCc1c(NCC)ncnc1-c1cncc(C#N)c1. The van der Waals surface area contributed by atoms with Gasteiger partial charge in [-0.1, -0.05) is 13.3 Å². The van der Waals surface area contributed by atoms with Crippen LogP contribution in [0.3, 0.4) is 0 Å². The van der Waals surface area contributed by atoms with Crippen LogP contribution in [0, 0.1) is 11.3 Å². The molecule has 5 nitrogen and oxygen atoms in total. The highest BCUT2D eigenvalue weighted by Crippen LogP contribution is 2.26. The topological polar surface area (TPSA) is 74.5 Å². The third kappa shape index (κ3) is 2.91. The standard InChI is InChI=1S/C15H17N5/c1-3-5-13-14(19-10-20-15(13)18-4-2)12-6-11(7-16)8-17-9-12/h6,8-10H,3-5H2,1-2H3,(H,18,19,20). The molecule has 0 unspecified atom stereocenters. The Morgan fingerprint density at radius 3 is 2.80 bits per heavy atom. The largest absolute Gasteiger partial charge is 0.370 e. The number of pyridine rings is 1. The molecule has 0 aliphatic heterocycles. The number of nitriles is 1. The summed E-state index contributed by atoms with van der Waals surface area (Å²) in [6, 6.07) is 3.92. The highest BCUT2D eigenvalue weighted by atomic mass is 15.0. The predicted octanol–water partition coefficient (Wildman–Crippen LogP) is 2.79. The number of aromatic nitrogens is 3. The Labute approximate surface area is 118 Å². The van der Waals surface area contributed by atoms with Crippen molar-refractivity contribution in [2.75, 3.05) is 11.9 Å². The zero-order valence-corrected chi connectivity index (χ0v) is 11.7. The third-order valence-electron chi connectivity index (χ3n) is 2.93. The van der Waals surface area contributed by atoms with Gasteiger partial charge in [0.2, 0.25) is 0 Å². The lowest BCUT2D eigenvalue weighted by Crippen LogP contribution is -2.06. The van der Waals surface area contributed by atoms with E-state index in [2.05, 4.69) is 33.3 Å². The summed E-state index contributed by atoms with van der Waals surface area (Å²) in [5.41, 5.74) is 3.32. The Balaban J connectivity index is 2.54. The molecule has 0 aromatic carbocycles. The van der Waals surface area contributed by atoms with Crippen molar-refractivity contribution in [3.8, 4) is 17.3 Å². The molecule has 2 heterocycles. The first-order valence-electron chi connectivity index (χ1n) is 6.73. The van der Waals surface area contributed by atoms with Crippen LogP contribution < -0.4 is 5.32 Å². The number of nitrogens with zero attached hydrogens (tertiary/aromatic N) is 4. The molecule has 0 saturated carbocycles. The van der Waals surface area contributed by atoms with Crippen molar-refractivity contribution in [3.05, 3.63) is 35.9 Å². The van der Waals surface area contributed by atoms with Gasteiger partial charge in [0.25, 0.3) is 0 Å². The van der Waals surface area contributed by atoms with E-state index in [4.69, 9.17) is 5.26 Å². The van der Waals surface area contributed by atoms with Crippen LogP contribution in [-0.2, 0) is 6.42 Å². The molecule has 5 heteroatoms. The molecule has 20 heavy (non-hydrogen) atoms. The summed E-state index contributed by atoms with van der Waals surface area (Å²) in [7, 11) is 0. The Kier molecular flexibility index (Phi) is 4.61. The number of anilines is 1. The highest BCUT2D eigenvalue weighted by Gasteiger charge is 2.12. The van der Waals surface area contributed by atoms with E-state index in [1.807, 2.05) is 13.0 Å². The van der Waals surface area contributed by atoms with Crippen LogP contribution in [-0.4, -0.2) is 21.5 Å². The van der Waals surface area contributed by atoms with Crippen LogP contribution in [0.4, 0.5) is 5.82 Å². The fourth-order valence-corrected chi connectivity index (χ4v) is 2.10. The van der Waals surface area contributed by atoms with E-state index in [0.29, 0.717) is 5.56 Å². The molecule has 0 fully saturated rings. The molecule has 0 bridgehead atoms. The first-order chi connectivity index (χ1) is 9.80. The van der Waals surface area contributed by atoms with Gasteiger partial charge >= 0.3 is 0 Å². The number of hydrogen-bond donors (Lipinski definition) is 1. The van der Waals surface area contributed by atoms with Gasteiger partial charge in [-0.25, -0.2) is 9.97 Å². The molecule has 2 rings (SSSR count). The van der Waals surface area contributed by atoms with E-state index in [1.54, 1.807) is 18.7 Å². The molecular formula is C15H17N5. The van der Waals surface area contributed by atoms with E-state index >= 15 is 0 Å². The first kappa shape index (κ1) is 13.9. The average molecular weight is 267 g/mol. The summed E-state index contributed by atoms with van der Waals surface area (Å²) in [5.74, 6) is 0.863. The zero-order chi connectivity index (χ0) is 14.4. The molecule has 2 aromatic heterocycles. The second kappa shape index (κ2) is 6.62. The maximum absolute atomic E-state index is 8.99. The monoisotopic (exact) mass is 267 g/mol. The molecule has 0 saturated heterocycles. The average Bonchev–Trinajstić information content (AvgIpc) is 2.49. The molecule has 0 radical (unpaired) electrons. The smallest absolute Gasteiger partial charge is 0.133 e. The Morgan fingerprint density at radius 2 is 2.10 bits per heavy atom. The first-order valence-corrected chi connectivity index (χ1v) is 6.73. The lowest BCUT2D eigenvalue weighted by Gasteiger charge is -2.13. The molecule has 0 aliphatic carbocycles. The summed E-state index contributed by atoms with van der Waals surface area (Å²) in [6.07, 6.45) is 6.72. The van der Waals surface area contributed by atoms with Crippen molar-refractivity contribution in [1.29, 1.82) is 5.26 Å². The van der Waals surface area contributed by atoms with E-state index < -0.39 is 0 Å². The number of nitrogens with one attached hydrogen (secondary N) is 1. The fraction of sp³-hybridized carbons (Fsp3) is 0.333. The van der Waals surface area contributed by atoms with Crippen molar-refractivity contribution in [2.45, 2.75) is 26.7 Å². The van der Waals surface area contributed by atoms with Gasteiger partial charge in [-0.3, -0.25) is 4.98 Å². The lowest BCUT2D eigenvalue weighted by molar-refractivity contribution is 0.902. The minimum Gasteiger partial charge on any atom is -0.370 e. The van der Waals surface area contributed by atoms with Crippen LogP contribution in [0.5, 0.6) is 0 Å². The summed E-state index contributed by atoms with van der Waals surface area (Å²) in [6.45, 7) is 4.97. The predicted molar refractivity (Wildman–Crippen MR) is 78.1 cm³/mol. The van der Waals surface area contributed by atoms with Crippen molar-refractivity contribution in [3.63, 3.8) is 0 Å². The van der Waals surface area contributed by atoms with Gasteiger partial charge in [-0.15, -0.1) is 0 Å². The minimum absolute atomic E-state index is 0.536. The summed E-state index contributed by atoms with van der Waals surface area (Å²) in [4.78, 5) is 12.8. The van der Waals surface area contributed by atoms with Gasteiger partial charge in [0, 0.05) is 30.1 Å². The van der Waals surface area contributed by atoms with E-state index in [-0.39, 0.29) is 0 Å². The van der Waals surface area contributed by atoms with Gasteiger partial charge in [0.15, 0.2) is 0 Å². The zero-order valence-electron chi connectivity index (χ0n) is 11.7. The van der Waals surface area contributed by atoms with Crippen molar-refractivity contribution >= 4 is 5.82 Å². The maximum Gasteiger partial charge on any atom is 0.133 e. The third-order valence-corrected chi connectivity index (χ3v) is 2.93. The molecule has 0 spiro atoms. The van der Waals surface area contributed by atoms with Gasteiger partial charge in [0.05, 0.1) is 11.3 Å². The van der Waals surface area contributed by atoms with Gasteiger partial charge in [-0.2, -0.15) is 5.26 Å². The number of rotatable bonds is 5. The molecule has 102 valence electrons. The van der Waals surface area contributed by atoms with E-state index in [9.17, 15) is 0 Å². The van der Waals surface area contributed by atoms with Crippen molar-refractivity contribution < 1.29 is 0 Å². The molecule has 2 aromatic rings. The van der Waals surface area contributed by atoms with Crippen LogP contribution in [0.15, 0.2) is 24.8 Å². The summed E-state index contributed by atoms with van der Waals surface area (Å²) < 4.78 is 0. The van der Waals surface area contributed by atoms with Crippen molar-refractivity contribution in [1.82, 2.24) is 15.0 Å². The van der Waals surface area contributed by atoms with E-state index in [1.165, 1.54) is 0 Å². The fourth-order valence-electron chi connectivity index (χ4n) is 2.10. The summed E-state index contributed by atoms with van der Waals surface area (Å²) in [5, 5.41) is 12.2. The van der Waals surface area contributed by atoms with Gasteiger partial charge in [-0.05, 0) is 19.4 Å². The molecule has 0 aliphatic rings. The maximum atomic E-state index is 8.99. The van der Waals surface area contributed by atoms with Crippen LogP contribution >= 0.6 is 0 Å². The van der Waals surface area contributed by atoms with Crippen LogP contribution in [0.1, 0.15) is 31.4 Å². The normalized spacial score (nSPS) is 10.1. The van der Waals surface area contributed by atoms with Gasteiger partial charge in [0.1, 0.15) is 18.2 Å². The molecular weight excluding hydrogens is 250 g/mol. The molecule has 0 amide bonds. The molecule has 1 N–H and O–H groups in total. The summed E-state index contributed by atoms with van der Waals surface area (Å²) >= 11 is 0. The van der Waals surface area contributed by atoms with Gasteiger partial charge < -0.3 is 5.32 Å². The quantitative estimate of drug-likeness (QED) is 0.901. The number of hydrogen-bond acceptors (Lipinski definition) is 5. The minimum atomic E-state index is 0.536. The van der Waals surface area contributed by atoms with Crippen LogP contribution in [0.25, 0.3) is 11.3 Å². The van der Waals surface area contributed by atoms with Crippen molar-refractivity contribution in [2.24, 2.45) is 0 Å². The lowest BCUT2D eigenvalue weighted by atomic mass is 10.0. The van der Waals surface area contributed by atoms with Crippen LogP contribution in [0.2, 0.25) is 0 Å². The Bertz CT molecular complexity index is 630. The Morgan fingerprint density at radius 1 is 1.25 bits per heavy atom. The molecule has 0 atom stereocenters. The second-order valence-electron chi connectivity index (χ2n) is 4.40. The highest BCUT2D eigenvalue weighted by molar-refractivity contribution is 5.68. The van der Waals surface area contributed by atoms with E-state index in [0.717, 1.165) is 42.0 Å². The second-order valence-corrected chi connectivity index (χ2v) is 4.40.